The molecule has 0 radical (unpaired) electrons. The maximum absolute atomic E-state index is 13.0. The number of hydrogen-bond donors (Lipinski definition) is 1. The van der Waals surface area contributed by atoms with Gasteiger partial charge in [0.1, 0.15) is 6.07 Å². The van der Waals surface area contributed by atoms with Crippen LogP contribution in [0.1, 0.15) is 16.8 Å². The largest absolute Gasteiger partial charge is 0.358 e. The Kier molecular flexibility index (Phi) is 3.80. The summed E-state index contributed by atoms with van der Waals surface area (Å²) in [4.78, 5) is 3.47. The summed E-state index contributed by atoms with van der Waals surface area (Å²) in [5.74, 6) is 0. The highest BCUT2D eigenvalue weighted by Crippen LogP contribution is 2.31. The van der Waals surface area contributed by atoms with E-state index in [1.165, 1.54) is 22.5 Å². The van der Waals surface area contributed by atoms with Gasteiger partial charge in [0.15, 0.2) is 0 Å². The van der Waals surface area contributed by atoms with Gasteiger partial charge in [-0.25, -0.2) is 8.42 Å². The molecule has 1 aliphatic rings. The first-order chi connectivity index (χ1) is 12.0. The van der Waals surface area contributed by atoms with E-state index in [0.717, 1.165) is 22.2 Å². The fraction of sp³-hybridized carbons (Fsp3) is 0.167. The third kappa shape index (κ3) is 2.61. The van der Waals surface area contributed by atoms with Crippen molar-refractivity contribution in [2.45, 2.75) is 17.9 Å². The normalized spacial score (nSPS) is 15.0. The molecular weight excluding hydrogens is 358 g/mol. The molecule has 0 saturated heterocycles. The van der Waals surface area contributed by atoms with Gasteiger partial charge >= 0.3 is 0 Å². The molecule has 0 bridgehead atoms. The zero-order chi connectivity index (χ0) is 17.6. The molecule has 25 heavy (non-hydrogen) atoms. The predicted octanol–water partition coefficient (Wildman–Crippen LogP) is 3.44. The van der Waals surface area contributed by atoms with Crippen LogP contribution >= 0.6 is 11.6 Å². The maximum atomic E-state index is 13.0. The van der Waals surface area contributed by atoms with Gasteiger partial charge in [-0.05, 0) is 29.8 Å². The van der Waals surface area contributed by atoms with Crippen molar-refractivity contribution in [2.75, 3.05) is 6.54 Å². The smallest absolute Gasteiger partial charge is 0.243 e. The highest BCUT2D eigenvalue weighted by Gasteiger charge is 2.30. The molecule has 0 unspecified atom stereocenters. The number of benzene rings is 2. The van der Waals surface area contributed by atoms with Crippen LogP contribution < -0.4 is 0 Å². The van der Waals surface area contributed by atoms with E-state index in [4.69, 9.17) is 16.9 Å². The van der Waals surface area contributed by atoms with Crippen molar-refractivity contribution in [3.8, 4) is 6.07 Å². The van der Waals surface area contributed by atoms with Crippen molar-refractivity contribution >= 4 is 32.5 Å². The van der Waals surface area contributed by atoms with E-state index in [-0.39, 0.29) is 15.5 Å². The number of aromatic amines is 1. The molecule has 1 N–H and O–H groups in total. The molecule has 2 heterocycles. The first-order valence-corrected chi connectivity index (χ1v) is 9.61. The van der Waals surface area contributed by atoms with Crippen molar-refractivity contribution in [3.05, 3.63) is 64.3 Å². The van der Waals surface area contributed by atoms with Crippen LogP contribution in [0.5, 0.6) is 0 Å². The lowest BCUT2D eigenvalue weighted by atomic mass is 10.1. The van der Waals surface area contributed by atoms with E-state index in [1.807, 2.05) is 30.3 Å². The average molecular weight is 372 g/mol. The van der Waals surface area contributed by atoms with Crippen molar-refractivity contribution in [1.29, 1.82) is 5.26 Å². The lowest BCUT2D eigenvalue weighted by Gasteiger charge is -2.26. The van der Waals surface area contributed by atoms with Crippen LogP contribution in [0.2, 0.25) is 5.02 Å². The highest BCUT2D eigenvalue weighted by atomic mass is 35.5. The van der Waals surface area contributed by atoms with Gasteiger partial charge in [-0.2, -0.15) is 9.57 Å². The number of hydrogen-bond acceptors (Lipinski definition) is 3. The minimum absolute atomic E-state index is 0.0942. The zero-order valence-electron chi connectivity index (χ0n) is 13.2. The summed E-state index contributed by atoms with van der Waals surface area (Å²) >= 11 is 5.91. The molecule has 0 saturated carbocycles. The number of rotatable bonds is 2. The molecule has 4 rings (SSSR count). The number of nitriles is 1. The summed E-state index contributed by atoms with van der Waals surface area (Å²) in [5, 5.41) is 10.4. The van der Waals surface area contributed by atoms with E-state index in [1.54, 1.807) is 0 Å². The van der Waals surface area contributed by atoms with Crippen LogP contribution in [-0.2, 0) is 23.0 Å². The van der Waals surface area contributed by atoms with E-state index in [0.29, 0.717) is 19.5 Å². The molecule has 0 amide bonds. The van der Waals surface area contributed by atoms with Crippen molar-refractivity contribution in [2.24, 2.45) is 0 Å². The van der Waals surface area contributed by atoms with Crippen LogP contribution in [0.25, 0.3) is 10.9 Å². The topological polar surface area (TPSA) is 77.0 Å². The van der Waals surface area contributed by atoms with Crippen molar-refractivity contribution in [3.63, 3.8) is 0 Å². The zero-order valence-corrected chi connectivity index (χ0v) is 14.7. The molecule has 0 atom stereocenters. The monoisotopic (exact) mass is 371 g/mol. The minimum Gasteiger partial charge on any atom is -0.358 e. The predicted molar refractivity (Wildman–Crippen MR) is 95.8 cm³/mol. The Morgan fingerprint density at radius 1 is 1.20 bits per heavy atom. The van der Waals surface area contributed by atoms with Gasteiger partial charge < -0.3 is 4.98 Å². The van der Waals surface area contributed by atoms with Gasteiger partial charge in [0, 0.05) is 36.1 Å². The number of halogens is 1. The Hall–Kier alpha value is -2.33. The molecule has 3 aromatic rings. The summed E-state index contributed by atoms with van der Waals surface area (Å²) in [6.45, 7) is 0.707. The first kappa shape index (κ1) is 16.2. The Morgan fingerprint density at radius 2 is 2.00 bits per heavy atom. The summed E-state index contributed by atoms with van der Waals surface area (Å²) in [6.07, 6.45) is 0.627. The van der Waals surface area contributed by atoms with E-state index < -0.39 is 10.0 Å². The SMILES string of the molecule is N#Cc1cc(S(=O)(=O)N2CCc3[nH]c4ccccc4c3C2)ccc1Cl. The molecule has 0 fully saturated rings. The van der Waals surface area contributed by atoms with Crippen molar-refractivity contribution in [1.82, 2.24) is 9.29 Å². The molecule has 0 spiro atoms. The second-order valence-electron chi connectivity index (χ2n) is 5.97. The Balaban J connectivity index is 1.74. The molecule has 126 valence electrons. The second kappa shape index (κ2) is 5.88. The fourth-order valence-corrected chi connectivity index (χ4v) is 4.84. The molecular formula is C18H14ClN3O2S. The van der Waals surface area contributed by atoms with Crippen LogP contribution in [0.3, 0.4) is 0 Å². The maximum Gasteiger partial charge on any atom is 0.243 e. The van der Waals surface area contributed by atoms with Crippen LogP contribution in [-0.4, -0.2) is 24.3 Å². The second-order valence-corrected chi connectivity index (χ2v) is 8.31. The van der Waals surface area contributed by atoms with Gasteiger partial charge in [-0.1, -0.05) is 29.8 Å². The Bertz CT molecular complexity index is 1130. The standard InChI is InChI=1S/C18H14ClN3O2S/c19-16-6-5-13(9-12(16)10-20)25(23,24)22-8-7-18-15(11-22)14-3-1-2-4-17(14)21-18/h1-6,9,21H,7-8,11H2. The first-order valence-electron chi connectivity index (χ1n) is 7.79. The quantitative estimate of drug-likeness (QED) is 0.749. The number of para-hydroxylation sites is 1. The Labute approximate surface area is 150 Å². The molecule has 2 aromatic carbocycles. The van der Waals surface area contributed by atoms with Crippen LogP contribution in [0.15, 0.2) is 47.4 Å². The number of nitrogens with zero attached hydrogens (tertiary/aromatic N) is 2. The average Bonchev–Trinajstić information content (AvgIpc) is 2.99. The minimum atomic E-state index is -3.69. The molecule has 7 heteroatoms. The summed E-state index contributed by atoms with van der Waals surface area (Å²) < 4.78 is 27.5. The lowest BCUT2D eigenvalue weighted by molar-refractivity contribution is 0.391. The fourth-order valence-electron chi connectivity index (χ4n) is 3.25. The third-order valence-corrected chi connectivity index (χ3v) is 6.71. The molecule has 0 aliphatic carbocycles. The third-order valence-electron chi connectivity index (χ3n) is 4.54. The van der Waals surface area contributed by atoms with Gasteiger partial charge in [0.25, 0.3) is 0 Å². The highest BCUT2D eigenvalue weighted by molar-refractivity contribution is 7.89. The number of H-pyrrole nitrogens is 1. The number of aromatic nitrogens is 1. The van der Waals surface area contributed by atoms with E-state index in [2.05, 4.69) is 4.98 Å². The van der Waals surface area contributed by atoms with E-state index in [9.17, 15) is 8.42 Å². The molecule has 5 nitrogen and oxygen atoms in total. The number of fused-ring (bicyclic) bond motifs is 3. The molecule has 1 aliphatic heterocycles. The lowest BCUT2D eigenvalue weighted by Crippen LogP contribution is -2.35. The van der Waals surface area contributed by atoms with E-state index >= 15 is 0 Å². The summed E-state index contributed by atoms with van der Waals surface area (Å²) in [7, 11) is -3.69. The van der Waals surface area contributed by atoms with Gasteiger partial charge in [0.05, 0.1) is 15.5 Å². The summed E-state index contributed by atoms with van der Waals surface area (Å²) in [6, 6.07) is 14.1. The molecule has 1 aromatic heterocycles. The number of nitrogens with one attached hydrogen (secondary N) is 1. The van der Waals surface area contributed by atoms with Gasteiger partial charge in [-0.15, -0.1) is 0 Å². The van der Waals surface area contributed by atoms with Gasteiger partial charge in [0.2, 0.25) is 10.0 Å². The van der Waals surface area contributed by atoms with Crippen LogP contribution in [0, 0.1) is 11.3 Å². The van der Waals surface area contributed by atoms with Gasteiger partial charge in [-0.3, -0.25) is 0 Å². The number of sulfonamides is 1. The Morgan fingerprint density at radius 3 is 2.80 bits per heavy atom. The summed E-state index contributed by atoms with van der Waals surface area (Å²) in [5.41, 5.74) is 3.28. The van der Waals surface area contributed by atoms with Crippen molar-refractivity contribution < 1.29 is 8.42 Å². The van der Waals surface area contributed by atoms with Crippen LogP contribution in [0.4, 0.5) is 0 Å².